The number of benzene rings is 6. The third kappa shape index (κ3) is 2.21. The third-order valence-electron chi connectivity index (χ3n) is 8.73. The summed E-state index contributed by atoms with van der Waals surface area (Å²) in [5.74, 6) is 0.191. The van der Waals surface area contributed by atoms with Gasteiger partial charge in [0.2, 0.25) is 0 Å². The lowest BCUT2D eigenvalue weighted by molar-refractivity contribution is -0.114. The molecule has 3 aliphatic rings. The highest BCUT2D eigenvalue weighted by Gasteiger charge is 2.31. The smallest absolute Gasteiger partial charge is 0.177 e. The summed E-state index contributed by atoms with van der Waals surface area (Å²) in [5, 5.41) is 10.7. The summed E-state index contributed by atoms with van der Waals surface area (Å²) in [5.41, 5.74) is 10.0. The fraction of sp³-hybridized carbons (Fsp3) is 0.0882. The lowest BCUT2D eigenvalue weighted by Crippen LogP contribution is -2.22. The summed E-state index contributed by atoms with van der Waals surface area (Å²) >= 11 is 3.53. The Hall–Kier alpha value is -3.75. The quantitative estimate of drug-likeness (QED) is 0.111. The minimum Gasteiger partial charge on any atom is -0.293 e. The van der Waals surface area contributed by atoms with Gasteiger partial charge in [-0.2, -0.15) is 0 Å². The zero-order chi connectivity index (χ0) is 23.7. The molecule has 0 bridgehead atoms. The van der Waals surface area contributed by atoms with Crippen LogP contribution < -0.4 is 0 Å². The van der Waals surface area contributed by atoms with E-state index in [9.17, 15) is 4.79 Å². The number of allylic oxidation sites excluding steroid dienone is 4. The molecule has 0 aliphatic heterocycles. The van der Waals surface area contributed by atoms with Crippen LogP contribution in [0.25, 0.3) is 59.8 Å². The molecule has 1 unspecified atom stereocenters. The van der Waals surface area contributed by atoms with Gasteiger partial charge in [0.05, 0.1) is 4.83 Å². The number of fused-ring (bicyclic) bond motifs is 5. The van der Waals surface area contributed by atoms with E-state index < -0.39 is 0 Å². The van der Waals surface area contributed by atoms with Crippen molar-refractivity contribution in [2.75, 3.05) is 0 Å². The summed E-state index contributed by atoms with van der Waals surface area (Å²) in [7, 11) is 0. The second-order valence-electron chi connectivity index (χ2n) is 10.4. The van der Waals surface area contributed by atoms with Gasteiger partial charge in [0.1, 0.15) is 0 Å². The van der Waals surface area contributed by atoms with E-state index in [2.05, 4.69) is 94.8 Å². The van der Waals surface area contributed by atoms with Crippen LogP contribution >= 0.6 is 15.9 Å². The molecule has 0 saturated heterocycles. The molecule has 6 aromatic rings. The molecule has 0 heterocycles. The van der Waals surface area contributed by atoms with Crippen molar-refractivity contribution in [3.05, 3.63) is 113 Å². The predicted molar refractivity (Wildman–Crippen MR) is 153 cm³/mol. The molecule has 0 fully saturated rings. The Bertz CT molecular complexity index is 2050. The number of ketones is 1. The van der Waals surface area contributed by atoms with E-state index in [0.717, 1.165) is 17.6 Å². The van der Waals surface area contributed by atoms with Gasteiger partial charge in [-0.25, -0.2) is 0 Å². The Balaban J connectivity index is 1.46. The van der Waals surface area contributed by atoms with Gasteiger partial charge in [-0.1, -0.05) is 101 Å². The summed E-state index contributed by atoms with van der Waals surface area (Å²) in [6, 6.07) is 27.3. The first-order valence-electron chi connectivity index (χ1n) is 12.6. The van der Waals surface area contributed by atoms with Crippen LogP contribution in [0.1, 0.15) is 22.3 Å². The standard InChI is InChI=1S/C34H19BrO/c35-29-14-13-21-23-10-12-27-24-7-5-18-15-17-3-1-2-4-20(17)22-9-11-26(32(24)30(18)22)25-8-6-19(31(23)33(25)27)16-28(21)34(29)36/h1-14,29H,15-16H2. The molecule has 0 radical (unpaired) electrons. The Kier molecular flexibility index (Phi) is 3.52. The van der Waals surface area contributed by atoms with Crippen molar-refractivity contribution in [2.24, 2.45) is 0 Å². The van der Waals surface area contributed by atoms with Crippen molar-refractivity contribution in [3.8, 4) is 11.1 Å². The molecule has 168 valence electrons. The van der Waals surface area contributed by atoms with Crippen LogP contribution in [-0.4, -0.2) is 10.6 Å². The van der Waals surface area contributed by atoms with Gasteiger partial charge in [-0.15, -0.1) is 0 Å². The molecular weight excluding hydrogens is 504 g/mol. The largest absolute Gasteiger partial charge is 0.293 e. The lowest BCUT2D eigenvalue weighted by atomic mass is 9.76. The number of hydrogen-bond donors (Lipinski definition) is 0. The number of carbonyl (C=O) groups is 1. The Morgan fingerprint density at radius 3 is 1.94 bits per heavy atom. The van der Waals surface area contributed by atoms with Crippen molar-refractivity contribution < 1.29 is 4.79 Å². The molecule has 0 saturated carbocycles. The zero-order valence-corrected chi connectivity index (χ0v) is 20.9. The topological polar surface area (TPSA) is 17.1 Å². The van der Waals surface area contributed by atoms with Gasteiger partial charge in [0.15, 0.2) is 5.78 Å². The van der Waals surface area contributed by atoms with E-state index >= 15 is 0 Å². The van der Waals surface area contributed by atoms with Crippen molar-refractivity contribution >= 4 is 70.4 Å². The average molecular weight is 523 g/mol. The second-order valence-corrected chi connectivity index (χ2v) is 11.4. The molecule has 0 N–H and O–H groups in total. The average Bonchev–Trinajstić information content (AvgIpc) is 2.92. The number of carbonyl (C=O) groups excluding carboxylic acids is 1. The first-order valence-corrected chi connectivity index (χ1v) is 13.5. The maximum Gasteiger partial charge on any atom is 0.177 e. The first kappa shape index (κ1) is 19.4. The molecule has 0 aromatic heterocycles. The Labute approximate surface area is 216 Å². The Morgan fingerprint density at radius 1 is 0.583 bits per heavy atom. The molecule has 2 heteroatoms. The van der Waals surface area contributed by atoms with Crippen LogP contribution in [0.5, 0.6) is 0 Å². The van der Waals surface area contributed by atoms with Crippen LogP contribution in [0.4, 0.5) is 0 Å². The molecule has 6 aromatic carbocycles. The van der Waals surface area contributed by atoms with E-state index in [1.165, 1.54) is 76.5 Å². The van der Waals surface area contributed by atoms with E-state index in [-0.39, 0.29) is 10.6 Å². The third-order valence-corrected chi connectivity index (χ3v) is 9.45. The second kappa shape index (κ2) is 6.52. The van der Waals surface area contributed by atoms with Gasteiger partial charge in [0, 0.05) is 12.0 Å². The van der Waals surface area contributed by atoms with E-state index in [0.29, 0.717) is 6.42 Å². The Morgan fingerprint density at radius 2 is 1.19 bits per heavy atom. The molecule has 1 nitrogen and oxygen atoms in total. The van der Waals surface area contributed by atoms with Gasteiger partial charge in [-0.05, 0) is 88.5 Å². The van der Waals surface area contributed by atoms with Crippen molar-refractivity contribution in [1.82, 2.24) is 0 Å². The number of halogens is 1. The summed E-state index contributed by atoms with van der Waals surface area (Å²) in [4.78, 5) is 12.8. The van der Waals surface area contributed by atoms with E-state index in [1.807, 2.05) is 6.08 Å². The molecule has 3 aliphatic carbocycles. The van der Waals surface area contributed by atoms with Crippen LogP contribution in [0.2, 0.25) is 0 Å². The summed E-state index contributed by atoms with van der Waals surface area (Å²) in [6.07, 6.45) is 5.81. The number of Topliss-reactive ketones (excluding diaryl/α,β-unsaturated/α-hetero) is 1. The summed E-state index contributed by atoms with van der Waals surface area (Å²) in [6.45, 7) is 0. The van der Waals surface area contributed by atoms with Crippen LogP contribution in [0.15, 0.2) is 90.5 Å². The fourth-order valence-corrected chi connectivity index (χ4v) is 7.64. The molecule has 36 heavy (non-hydrogen) atoms. The number of alkyl halides is 1. The molecular formula is C34H19BrO. The maximum absolute atomic E-state index is 13.0. The van der Waals surface area contributed by atoms with Crippen molar-refractivity contribution in [2.45, 2.75) is 17.7 Å². The van der Waals surface area contributed by atoms with Gasteiger partial charge >= 0.3 is 0 Å². The maximum atomic E-state index is 13.0. The van der Waals surface area contributed by atoms with E-state index in [4.69, 9.17) is 0 Å². The minimum absolute atomic E-state index is 0.191. The fourth-order valence-electron chi connectivity index (χ4n) is 7.21. The highest BCUT2D eigenvalue weighted by molar-refractivity contribution is 9.10. The molecule has 9 rings (SSSR count). The highest BCUT2D eigenvalue weighted by Crippen LogP contribution is 2.50. The lowest BCUT2D eigenvalue weighted by Gasteiger charge is -2.28. The van der Waals surface area contributed by atoms with Gasteiger partial charge in [0.25, 0.3) is 0 Å². The van der Waals surface area contributed by atoms with Gasteiger partial charge < -0.3 is 0 Å². The van der Waals surface area contributed by atoms with Crippen LogP contribution in [0, 0.1) is 0 Å². The van der Waals surface area contributed by atoms with Gasteiger partial charge in [-0.3, -0.25) is 4.79 Å². The van der Waals surface area contributed by atoms with Crippen LogP contribution in [-0.2, 0) is 17.6 Å². The first-order chi connectivity index (χ1) is 17.7. The zero-order valence-electron chi connectivity index (χ0n) is 19.4. The predicted octanol–water partition coefficient (Wildman–Crippen LogP) is 8.52. The van der Waals surface area contributed by atoms with Crippen LogP contribution in [0.3, 0.4) is 0 Å². The minimum atomic E-state index is -0.220. The van der Waals surface area contributed by atoms with Crippen molar-refractivity contribution in [1.29, 1.82) is 0 Å². The molecule has 0 spiro atoms. The monoisotopic (exact) mass is 522 g/mol. The highest BCUT2D eigenvalue weighted by atomic mass is 79.9. The normalized spacial score (nSPS) is 18.0. The number of hydrogen-bond acceptors (Lipinski definition) is 1. The molecule has 1 atom stereocenters. The summed E-state index contributed by atoms with van der Waals surface area (Å²) < 4.78 is 0. The van der Waals surface area contributed by atoms with Crippen molar-refractivity contribution in [3.63, 3.8) is 0 Å². The molecule has 0 amide bonds. The number of rotatable bonds is 0. The van der Waals surface area contributed by atoms with E-state index in [1.54, 1.807) is 0 Å². The SMILES string of the molecule is O=C1C2=C(C=CC1Br)c1ccc3c4ccc5c6c(ccc(c7ccc(c1c37)C2)c64)-c1ccccc1C5.